The van der Waals surface area contributed by atoms with E-state index in [0.29, 0.717) is 18.3 Å². The fraction of sp³-hybridized carbons (Fsp3) is 0.909. The molecule has 0 bridgehead atoms. The summed E-state index contributed by atoms with van der Waals surface area (Å²) < 4.78 is 5.12. The summed E-state index contributed by atoms with van der Waals surface area (Å²) >= 11 is 0. The first-order chi connectivity index (χ1) is 12.5. The third-order valence-electron chi connectivity index (χ3n) is 5.92. The molecular weight excluding hydrogens is 328 g/mol. The molecule has 0 heterocycles. The van der Waals surface area contributed by atoms with Crippen LogP contribution in [0.2, 0.25) is 0 Å². The first kappa shape index (κ1) is 23.1. The van der Waals surface area contributed by atoms with Gasteiger partial charge in [0, 0.05) is 12.3 Å². The molecule has 2 unspecified atom stereocenters. The number of ether oxygens (including phenoxy) is 1. The average Bonchev–Trinajstić information content (AvgIpc) is 2.96. The number of aliphatic hydroxyl groups is 1. The molecule has 0 amide bonds. The van der Waals surface area contributed by atoms with Gasteiger partial charge in [0.2, 0.25) is 0 Å². The zero-order chi connectivity index (χ0) is 19.4. The van der Waals surface area contributed by atoms with Crippen LogP contribution in [0.25, 0.3) is 0 Å². The van der Waals surface area contributed by atoms with Crippen molar-refractivity contribution in [2.45, 2.75) is 104 Å². The minimum atomic E-state index is -0.204. The molecule has 4 nitrogen and oxygen atoms in total. The Hall–Kier alpha value is -0.900. The van der Waals surface area contributed by atoms with Crippen LogP contribution in [-0.4, -0.2) is 29.6 Å². The van der Waals surface area contributed by atoms with Crippen molar-refractivity contribution in [2.75, 3.05) is 6.61 Å². The fourth-order valence-electron chi connectivity index (χ4n) is 4.28. The van der Waals surface area contributed by atoms with Crippen molar-refractivity contribution in [1.82, 2.24) is 0 Å². The van der Waals surface area contributed by atoms with Crippen molar-refractivity contribution >= 4 is 11.8 Å². The van der Waals surface area contributed by atoms with Crippen molar-refractivity contribution in [1.29, 1.82) is 0 Å². The molecule has 0 spiro atoms. The van der Waals surface area contributed by atoms with E-state index < -0.39 is 0 Å². The molecule has 26 heavy (non-hydrogen) atoms. The molecule has 1 rings (SSSR count). The SMILES string of the molecule is CCCC(O)CC[C@H]1CCC(=O)[C@@H]1CCCCCC(CC)C(=O)OCC. The Kier molecular flexibility index (Phi) is 11.8. The Morgan fingerprint density at radius 3 is 2.54 bits per heavy atom. The molecule has 1 saturated carbocycles. The summed E-state index contributed by atoms with van der Waals surface area (Å²) in [4.78, 5) is 24.0. The van der Waals surface area contributed by atoms with E-state index >= 15 is 0 Å². The molecule has 0 radical (unpaired) electrons. The second kappa shape index (κ2) is 13.3. The van der Waals surface area contributed by atoms with Crippen LogP contribution in [0.4, 0.5) is 0 Å². The maximum Gasteiger partial charge on any atom is 0.308 e. The molecular formula is C22H40O4. The summed E-state index contributed by atoms with van der Waals surface area (Å²) in [6, 6.07) is 0. The van der Waals surface area contributed by atoms with Gasteiger partial charge in [0.1, 0.15) is 5.78 Å². The van der Waals surface area contributed by atoms with Gasteiger partial charge in [-0.05, 0) is 57.8 Å². The topological polar surface area (TPSA) is 63.6 Å². The predicted octanol–water partition coefficient (Wildman–Crippen LogP) is 5.06. The highest BCUT2D eigenvalue weighted by atomic mass is 16.5. The molecule has 4 atom stereocenters. The number of Topliss-reactive ketones (excluding diaryl/α,β-unsaturated/α-hetero) is 1. The van der Waals surface area contributed by atoms with Crippen molar-refractivity contribution in [3.63, 3.8) is 0 Å². The fourth-order valence-corrected chi connectivity index (χ4v) is 4.28. The highest BCUT2D eigenvalue weighted by molar-refractivity contribution is 5.83. The molecule has 1 N–H and O–H groups in total. The monoisotopic (exact) mass is 368 g/mol. The maximum absolute atomic E-state index is 12.2. The molecule has 4 heteroatoms. The second-order valence-corrected chi connectivity index (χ2v) is 7.89. The summed E-state index contributed by atoms with van der Waals surface area (Å²) in [5.74, 6) is 1.06. The number of hydrogen-bond acceptors (Lipinski definition) is 4. The summed E-state index contributed by atoms with van der Waals surface area (Å²) in [5.41, 5.74) is 0. The standard InChI is InChI=1S/C22H40O4/c1-4-10-19(23)15-13-18-14-16-21(24)20(18)12-9-7-8-11-17(5-2)22(25)26-6-3/h17-20,23H,4-16H2,1-3H3/t17?,18-,19?,20+/m0/s1. The van der Waals surface area contributed by atoms with E-state index in [0.717, 1.165) is 77.0 Å². The minimum Gasteiger partial charge on any atom is -0.466 e. The van der Waals surface area contributed by atoms with E-state index in [9.17, 15) is 14.7 Å². The lowest BCUT2D eigenvalue weighted by Gasteiger charge is -2.20. The van der Waals surface area contributed by atoms with Crippen LogP contribution in [0.3, 0.4) is 0 Å². The number of ketones is 1. The first-order valence-corrected chi connectivity index (χ1v) is 10.9. The van der Waals surface area contributed by atoms with E-state index in [1.807, 2.05) is 13.8 Å². The number of aliphatic hydroxyl groups excluding tert-OH is 1. The number of unbranched alkanes of at least 4 members (excludes halogenated alkanes) is 2. The second-order valence-electron chi connectivity index (χ2n) is 7.89. The third-order valence-corrected chi connectivity index (χ3v) is 5.92. The van der Waals surface area contributed by atoms with Gasteiger partial charge in [0.05, 0.1) is 18.6 Å². The van der Waals surface area contributed by atoms with Crippen LogP contribution in [0.15, 0.2) is 0 Å². The Bertz CT molecular complexity index is 407. The molecule has 0 aromatic carbocycles. The van der Waals surface area contributed by atoms with E-state index in [4.69, 9.17) is 4.74 Å². The van der Waals surface area contributed by atoms with E-state index in [1.54, 1.807) is 0 Å². The van der Waals surface area contributed by atoms with Crippen LogP contribution >= 0.6 is 0 Å². The molecule has 1 fully saturated rings. The molecule has 0 saturated heterocycles. The van der Waals surface area contributed by atoms with Gasteiger partial charge in [-0.25, -0.2) is 0 Å². The van der Waals surface area contributed by atoms with Crippen LogP contribution < -0.4 is 0 Å². The molecule has 1 aliphatic carbocycles. The average molecular weight is 369 g/mol. The normalized spacial score (nSPS) is 22.4. The Morgan fingerprint density at radius 1 is 1.12 bits per heavy atom. The first-order valence-electron chi connectivity index (χ1n) is 10.9. The lowest BCUT2D eigenvalue weighted by atomic mass is 9.85. The van der Waals surface area contributed by atoms with Gasteiger partial charge in [0.15, 0.2) is 0 Å². The van der Waals surface area contributed by atoms with Crippen molar-refractivity contribution in [3.8, 4) is 0 Å². The highest BCUT2D eigenvalue weighted by Gasteiger charge is 2.33. The number of carbonyl (C=O) groups is 2. The van der Waals surface area contributed by atoms with Crippen LogP contribution in [-0.2, 0) is 14.3 Å². The van der Waals surface area contributed by atoms with Gasteiger partial charge in [-0.2, -0.15) is 0 Å². The number of esters is 1. The zero-order valence-electron chi connectivity index (χ0n) is 17.2. The summed E-state index contributed by atoms with van der Waals surface area (Å²) in [5, 5.41) is 9.94. The quantitative estimate of drug-likeness (QED) is 0.344. The van der Waals surface area contributed by atoms with E-state index in [1.165, 1.54) is 0 Å². The van der Waals surface area contributed by atoms with Crippen molar-refractivity contribution < 1.29 is 19.4 Å². The van der Waals surface area contributed by atoms with E-state index in [-0.39, 0.29) is 23.9 Å². The van der Waals surface area contributed by atoms with Gasteiger partial charge in [0.25, 0.3) is 0 Å². The summed E-state index contributed by atoms with van der Waals surface area (Å²) in [6.45, 7) is 6.43. The van der Waals surface area contributed by atoms with Crippen molar-refractivity contribution in [3.05, 3.63) is 0 Å². The predicted molar refractivity (Wildman–Crippen MR) is 105 cm³/mol. The third kappa shape index (κ3) is 8.20. The Labute approximate surface area is 160 Å². The molecule has 0 aromatic heterocycles. The number of rotatable bonds is 14. The molecule has 1 aliphatic rings. The van der Waals surface area contributed by atoms with Gasteiger partial charge in [-0.1, -0.05) is 39.5 Å². The van der Waals surface area contributed by atoms with Crippen molar-refractivity contribution in [2.24, 2.45) is 17.8 Å². The Balaban J connectivity index is 2.26. The van der Waals surface area contributed by atoms with Gasteiger partial charge in [-0.15, -0.1) is 0 Å². The number of hydrogen-bond donors (Lipinski definition) is 1. The zero-order valence-corrected chi connectivity index (χ0v) is 17.2. The maximum atomic E-state index is 12.2. The number of carbonyl (C=O) groups excluding carboxylic acids is 2. The van der Waals surface area contributed by atoms with Gasteiger partial charge < -0.3 is 9.84 Å². The minimum absolute atomic E-state index is 0.0239. The van der Waals surface area contributed by atoms with Gasteiger partial charge >= 0.3 is 5.97 Å². The van der Waals surface area contributed by atoms with E-state index in [2.05, 4.69) is 6.92 Å². The largest absolute Gasteiger partial charge is 0.466 e. The van der Waals surface area contributed by atoms with Gasteiger partial charge in [-0.3, -0.25) is 9.59 Å². The Morgan fingerprint density at radius 2 is 1.88 bits per heavy atom. The van der Waals surface area contributed by atoms with Crippen LogP contribution in [0, 0.1) is 17.8 Å². The lowest BCUT2D eigenvalue weighted by Crippen LogP contribution is -2.18. The molecule has 0 aromatic rings. The lowest BCUT2D eigenvalue weighted by molar-refractivity contribution is -0.148. The smallest absolute Gasteiger partial charge is 0.308 e. The summed E-state index contributed by atoms with van der Waals surface area (Å²) in [7, 11) is 0. The molecule has 152 valence electrons. The highest BCUT2D eigenvalue weighted by Crippen LogP contribution is 2.36. The van der Waals surface area contributed by atoms with Crippen LogP contribution in [0.5, 0.6) is 0 Å². The van der Waals surface area contributed by atoms with Crippen LogP contribution in [0.1, 0.15) is 97.8 Å². The summed E-state index contributed by atoms with van der Waals surface area (Å²) in [6.07, 6.45) is 11.1. The molecule has 0 aliphatic heterocycles.